The van der Waals surface area contributed by atoms with Crippen LogP contribution in [0.4, 0.5) is 4.79 Å². The lowest BCUT2D eigenvalue weighted by Crippen LogP contribution is -2.90. The highest BCUT2D eigenvalue weighted by atomic mass is 16.6. The van der Waals surface area contributed by atoms with Gasteiger partial charge in [0.2, 0.25) is 0 Å². The summed E-state index contributed by atoms with van der Waals surface area (Å²) in [5.41, 5.74) is 2.37. The maximum absolute atomic E-state index is 13.0. The third kappa shape index (κ3) is 9.03. The highest BCUT2D eigenvalue weighted by Gasteiger charge is 2.42. The van der Waals surface area contributed by atoms with Crippen molar-refractivity contribution < 1.29 is 29.2 Å². The van der Waals surface area contributed by atoms with Crippen molar-refractivity contribution in [1.82, 2.24) is 24.8 Å². The summed E-state index contributed by atoms with van der Waals surface area (Å²) in [5.74, 6) is 0.860. The lowest BCUT2D eigenvalue weighted by atomic mass is 9.89. The monoisotopic (exact) mass is 661 g/mol. The van der Waals surface area contributed by atoms with Crippen LogP contribution >= 0.6 is 0 Å². The first-order valence-electron chi connectivity index (χ1n) is 17.5. The number of unbranched alkanes of at least 4 members (excludes halogenated alkanes) is 2. The summed E-state index contributed by atoms with van der Waals surface area (Å²) in [4.78, 5) is 68.8. The Balaban J connectivity index is 1.02. The number of ketones is 1. The van der Waals surface area contributed by atoms with Gasteiger partial charge in [-0.15, -0.1) is 0 Å². The smallest absolute Gasteiger partial charge is 0.487 e. The van der Waals surface area contributed by atoms with E-state index in [2.05, 4.69) is 26.9 Å². The van der Waals surface area contributed by atoms with Crippen LogP contribution in [-0.2, 0) is 27.4 Å². The molecule has 1 aliphatic heterocycles. The zero-order valence-corrected chi connectivity index (χ0v) is 28.4. The molecule has 5 rings (SSSR count). The number of amides is 2. The molecule has 12 heteroatoms. The van der Waals surface area contributed by atoms with Gasteiger partial charge in [0.25, 0.3) is 11.5 Å². The summed E-state index contributed by atoms with van der Waals surface area (Å²) in [6.45, 7) is 6.59. The van der Waals surface area contributed by atoms with E-state index in [1.165, 1.54) is 5.32 Å². The molecule has 4 atom stereocenters. The highest BCUT2D eigenvalue weighted by molar-refractivity contribution is 5.91. The van der Waals surface area contributed by atoms with Gasteiger partial charge in [0.05, 0.1) is 29.0 Å². The third-order valence-corrected chi connectivity index (χ3v) is 9.75. The Bertz CT molecular complexity index is 1610. The van der Waals surface area contributed by atoms with E-state index in [4.69, 9.17) is 9.47 Å². The van der Waals surface area contributed by atoms with Crippen LogP contribution in [-0.4, -0.2) is 67.9 Å². The van der Waals surface area contributed by atoms with Gasteiger partial charge in [-0.1, -0.05) is 40.0 Å². The van der Waals surface area contributed by atoms with Crippen LogP contribution < -0.4 is 15.6 Å². The number of aromatic nitrogens is 4. The highest BCUT2D eigenvalue weighted by Crippen LogP contribution is 2.32. The van der Waals surface area contributed by atoms with Crippen molar-refractivity contribution in [3.05, 3.63) is 58.5 Å². The molecule has 0 spiro atoms. The van der Waals surface area contributed by atoms with E-state index in [-0.39, 0.29) is 48.3 Å². The Labute approximate surface area is 281 Å². The van der Waals surface area contributed by atoms with Gasteiger partial charge < -0.3 is 19.4 Å². The number of rotatable bonds is 15. The van der Waals surface area contributed by atoms with Crippen LogP contribution in [0.2, 0.25) is 0 Å². The molecule has 0 radical (unpaired) electrons. The summed E-state index contributed by atoms with van der Waals surface area (Å²) in [5, 5.41) is 1.34. The van der Waals surface area contributed by atoms with E-state index in [1.807, 2.05) is 26.0 Å². The zero-order chi connectivity index (χ0) is 34.0. The van der Waals surface area contributed by atoms with Crippen LogP contribution in [0.5, 0.6) is 5.75 Å². The lowest BCUT2D eigenvalue weighted by Gasteiger charge is -2.27. The maximum Gasteiger partial charge on any atom is 0.513 e. The van der Waals surface area contributed by atoms with Crippen molar-refractivity contribution in [2.24, 2.45) is 17.8 Å². The van der Waals surface area contributed by atoms with Crippen molar-refractivity contribution >= 4 is 28.8 Å². The van der Waals surface area contributed by atoms with Crippen molar-refractivity contribution in [2.75, 3.05) is 13.1 Å². The van der Waals surface area contributed by atoms with Gasteiger partial charge in [-0.25, -0.2) is 10.3 Å². The van der Waals surface area contributed by atoms with Crippen LogP contribution in [0, 0.1) is 17.8 Å². The number of hydrogen-bond acceptors (Lipinski definition) is 9. The second-order valence-corrected chi connectivity index (χ2v) is 13.4. The molecule has 1 saturated carbocycles. The van der Waals surface area contributed by atoms with Gasteiger partial charge in [0.1, 0.15) is 24.2 Å². The van der Waals surface area contributed by atoms with E-state index in [9.17, 15) is 19.2 Å². The number of aryl methyl sites for hydroxylation is 1. The number of Topliss-reactive ketones (excluding diaryl/α,β-unsaturated/α-hetero) is 1. The predicted molar refractivity (Wildman–Crippen MR) is 179 cm³/mol. The Hall–Kier alpha value is -4.19. The minimum atomic E-state index is -0.455. The SMILES string of the molecule is CCC1CCN(C(=O)C[NH2+]C(=O)OC2CCCC2CCCCCc2nc3ccc(OCc4cnccn4)cc3[nH]c2=O)C1C(=O)C(C)C. The first-order chi connectivity index (χ1) is 23.2. The van der Waals surface area contributed by atoms with Gasteiger partial charge >= 0.3 is 6.09 Å². The molecule has 2 amide bonds. The largest absolute Gasteiger partial charge is 0.513 e. The predicted octanol–water partition coefficient (Wildman–Crippen LogP) is 4.12. The van der Waals surface area contributed by atoms with Crippen molar-refractivity contribution in [1.29, 1.82) is 0 Å². The number of fused-ring (bicyclic) bond motifs is 1. The Kier molecular flexibility index (Phi) is 12.3. The Morgan fingerprint density at radius 2 is 1.94 bits per heavy atom. The normalized spacial score (nSPS) is 20.8. The van der Waals surface area contributed by atoms with Gasteiger partial charge in [-0.05, 0) is 68.9 Å². The molecular weight excluding hydrogens is 612 g/mol. The fraction of sp³-hybridized carbons (Fsp3) is 0.583. The lowest BCUT2D eigenvalue weighted by molar-refractivity contribution is -0.561. The van der Waals surface area contributed by atoms with Gasteiger partial charge in [-0.3, -0.25) is 24.4 Å². The zero-order valence-electron chi connectivity index (χ0n) is 28.4. The summed E-state index contributed by atoms with van der Waals surface area (Å²) in [6.07, 6.45) is 13.1. The summed E-state index contributed by atoms with van der Waals surface area (Å²) in [6, 6.07) is 5.05. The first-order valence-corrected chi connectivity index (χ1v) is 17.5. The summed E-state index contributed by atoms with van der Waals surface area (Å²) >= 11 is 0. The first kappa shape index (κ1) is 35.1. The number of carbonyl (C=O) groups excluding carboxylic acids is 3. The standard InChI is InChI=1S/C36H48N6O6/c1-4-24-15-18-42(33(24)34(44)23(2)3)32(43)21-39-36(46)48-31-12-8-10-25(31)9-6-5-7-11-29-35(45)41-30-19-27(13-14-28(30)40-29)47-22-26-20-37-16-17-38-26/h13-14,16-17,19-20,23-25,31,33H,4-12,15,18,21-22H2,1-3H3,(H,39,46)(H,41,45)/p+1. The van der Waals surface area contributed by atoms with Crippen LogP contribution in [0.1, 0.15) is 89.9 Å². The van der Waals surface area contributed by atoms with Gasteiger partial charge in [-0.2, -0.15) is 4.79 Å². The second-order valence-electron chi connectivity index (χ2n) is 13.4. The van der Waals surface area contributed by atoms with Crippen molar-refractivity contribution in [2.45, 2.75) is 104 Å². The minimum absolute atomic E-state index is 0.0463. The van der Waals surface area contributed by atoms with E-state index in [0.29, 0.717) is 47.1 Å². The number of benzene rings is 1. The van der Waals surface area contributed by atoms with Crippen LogP contribution in [0.3, 0.4) is 0 Å². The molecule has 258 valence electrons. The molecule has 0 bridgehead atoms. The molecule has 48 heavy (non-hydrogen) atoms. The molecule has 4 unspecified atom stereocenters. The van der Waals surface area contributed by atoms with Gasteiger partial charge in [0.15, 0.2) is 12.3 Å². The second kappa shape index (κ2) is 16.8. The maximum atomic E-state index is 13.0. The van der Waals surface area contributed by atoms with Crippen LogP contribution in [0.15, 0.2) is 41.6 Å². The number of primary amides is 1. The van der Waals surface area contributed by atoms with E-state index in [1.54, 1.807) is 29.6 Å². The molecule has 3 aromatic rings. The average Bonchev–Trinajstić information content (AvgIpc) is 3.73. The van der Waals surface area contributed by atoms with Crippen LogP contribution in [0.25, 0.3) is 11.0 Å². The molecule has 1 aromatic carbocycles. The Morgan fingerprint density at radius 3 is 2.71 bits per heavy atom. The minimum Gasteiger partial charge on any atom is -0.487 e. The molecule has 1 aliphatic carbocycles. The number of quaternary nitrogens is 1. The van der Waals surface area contributed by atoms with Crippen molar-refractivity contribution in [3.63, 3.8) is 0 Å². The number of carbonyl (C=O) groups is 3. The number of ether oxygens (including phenoxy) is 2. The summed E-state index contributed by atoms with van der Waals surface area (Å²) < 4.78 is 11.6. The molecule has 2 aliphatic rings. The molecule has 2 fully saturated rings. The van der Waals surface area contributed by atoms with Crippen molar-refractivity contribution in [3.8, 4) is 5.75 Å². The number of nitrogens with two attached hydrogens (primary N) is 1. The fourth-order valence-corrected chi connectivity index (χ4v) is 7.06. The Morgan fingerprint density at radius 1 is 1.08 bits per heavy atom. The van der Waals surface area contributed by atoms with E-state index in [0.717, 1.165) is 57.8 Å². The molecule has 2 aromatic heterocycles. The number of aromatic amines is 1. The fourth-order valence-electron chi connectivity index (χ4n) is 7.06. The molecule has 1 saturated heterocycles. The number of likely N-dealkylation sites (tertiary alicyclic amines) is 1. The number of nitrogens with zero attached hydrogens (tertiary/aromatic N) is 4. The topological polar surface area (TPSA) is 161 Å². The number of H-pyrrole nitrogens is 1. The molecular formula is C36H49N6O6+. The number of nitrogens with one attached hydrogen (secondary N) is 1. The molecule has 3 N–H and O–H groups in total. The molecule has 3 heterocycles. The van der Waals surface area contributed by atoms with E-state index >= 15 is 0 Å². The number of hydrogen-bond donors (Lipinski definition) is 2. The molecule has 12 nitrogen and oxygen atoms in total. The quantitative estimate of drug-likeness (QED) is 0.228. The van der Waals surface area contributed by atoms with E-state index < -0.39 is 12.1 Å². The van der Waals surface area contributed by atoms with Gasteiger partial charge in [0, 0.05) is 30.9 Å². The average molecular weight is 662 g/mol. The third-order valence-electron chi connectivity index (χ3n) is 9.75. The summed E-state index contributed by atoms with van der Waals surface area (Å²) in [7, 11) is 0.